The van der Waals surface area contributed by atoms with Gasteiger partial charge >= 0.3 is 0 Å². The van der Waals surface area contributed by atoms with E-state index in [2.05, 4.69) is 26.2 Å². The number of fused-ring (bicyclic) bond motifs is 1. The van der Waals surface area contributed by atoms with Crippen LogP contribution < -0.4 is 5.32 Å². The molecule has 0 spiro atoms. The first-order valence-electron chi connectivity index (χ1n) is 6.07. The minimum absolute atomic E-state index is 0.119. The van der Waals surface area contributed by atoms with Gasteiger partial charge in [-0.15, -0.1) is 11.3 Å². The number of aromatic nitrogens is 1. The van der Waals surface area contributed by atoms with Crippen molar-refractivity contribution in [2.24, 2.45) is 0 Å². The molecule has 3 nitrogen and oxygen atoms in total. The summed E-state index contributed by atoms with van der Waals surface area (Å²) in [6.45, 7) is 1.97. The monoisotopic (exact) mass is 346 g/mol. The van der Waals surface area contributed by atoms with Crippen molar-refractivity contribution in [2.45, 2.75) is 6.92 Å². The van der Waals surface area contributed by atoms with E-state index in [-0.39, 0.29) is 5.91 Å². The van der Waals surface area contributed by atoms with E-state index in [1.54, 1.807) is 23.5 Å². The number of nitrogens with one attached hydrogen (secondary N) is 1. The molecular weight excluding hydrogens is 336 g/mol. The lowest BCUT2D eigenvalue weighted by Gasteiger charge is -2.07. The van der Waals surface area contributed by atoms with Gasteiger partial charge in [-0.3, -0.25) is 4.79 Å². The first-order valence-corrected chi connectivity index (χ1v) is 7.68. The summed E-state index contributed by atoms with van der Waals surface area (Å²) in [5, 5.41) is 3.93. The van der Waals surface area contributed by atoms with Gasteiger partial charge in [0.1, 0.15) is 0 Å². The van der Waals surface area contributed by atoms with E-state index in [0.717, 1.165) is 25.4 Å². The van der Waals surface area contributed by atoms with Crippen molar-refractivity contribution in [3.8, 4) is 0 Å². The number of carbonyl (C=O) groups excluding carboxylic acids is 1. The van der Waals surface area contributed by atoms with Crippen LogP contribution in [0.25, 0.3) is 10.2 Å². The molecule has 2 aromatic carbocycles. The second-order valence-electron chi connectivity index (χ2n) is 4.33. The minimum atomic E-state index is -0.119. The van der Waals surface area contributed by atoms with Gasteiger partial charge in [0.15, 0.2) is 0 Å². The predicted octanol–water partition coefficient (Wildman–Crippen LogP) is 4.62. The van der Waals surface area contributed by atoms with Gasteiger partial charge in [-0.25, -0.2) is 4.98 Å². The van der Waals surface area contributed by atoms with Crippen LogP contribution in [0.3, 0.4) is 0 Å². The van der Waals surface area contributed by atoms with E-state index in [1.165, 1.54) is 0 Å². The van der Waals surface area contributed by atoms with Gasteiger partial charge in [0.25, 0.3) is 5.91 Å². The van der Waals surface area contributed by atoms with E-state index < -0.39 is 0 Å². The zero-order chi connectivity index (χ0) is 14.1. The number of hydrogen-bond donors (Lipinski definition) is 1. The molecule has 3 aromatic rings. The van der Waals surface area contributed by atoms with Gasteiger partial charge in [-0.05, 0) is 47.1 Å². The van der Waals surface area contributed by atoms with Gasteiger partial charge in [-0.1, -0.05) is 18.2 Å². The molecule has 1 N–H and O–H groups in total. The summed E-state index contributed by atoms with van der Waals surface area (Å²) in [7, 11) is 0. The number of amides is 1. The third-order valence-corrected chi connectivity index (χ3v) is 4.98. The lowest BCUT2D eigenvalue weighted by Crippen LogP contribution is -2.11. The molecule has 0 atom stereocenters. The average molecular weight is 347 g/mol. The Kier molecular flexibility index (Phi) is 3.54. The fraction of sp³-hybridized carbons (Fsp3) is 0.0667. The van der Waals surface area contributed by atoms with Crippen LogP contribution in [-0.4, -0.2) is 10.9 Å². The lowest BCUT2D eigenvalue weighted by atomic mass is 10.2. The van der Waals surface area contributed by atoms with Crippen LogP contribution in [0.1, 0.15) is 15.4 Å². The highest BCUT2D eigenvalue weighted by Crippen LogP contribution is 2.35. The summed E-state index contributed by atoms with van der Waals surface area (Å²) in [5.74, 6) is -0.119. The normalized spacial score (nSPS) is 10.7. The van der Waals surface area contributed by atoms with Crippen LogP contribution in [-0.2, 0) is 0 Å². The summed E-state index contributed by atoms with van der Waals surface area (Å²) >= 11 is 5.16. The van der Waals surface area contributed by atoms with Gasteiger partial charge in [0.2, 0.25) is 0 Å². The smallest absolute Gasteiger partial charge is 0.255 e. The molecule has 0 saturated carbocycles. The third kappa shape index (κ3) is 2.46. The van der Waals surface area contributed by atoms with Crippen LogP contribution in [0.15, 0.2) is 46.9 Å². The second kappa shape index (κ2) is 5.34. The van der Waals surface area contributed by atoms with Crippen molar-refractivity contribution in [1.82, 2.24) is 4.98 Å². The summed E-state index contributed by atoms with van der Waals surface area (Å²) in [5.41, 5.74) is 2.34. The number of rotatable bonds is 2. The Morgan fingerprint density at radius 1 is 1.20 bits per heavy atom. The van der Waals surface area contributed by atoms with E-state index in [0.29, 0.717) is 5.56 Å². The van der Waals surface area contributed by atoms with Gasteiger partial charge in [0.05, 0.1) is 25.4 Å². The van der Waals surface area contributed by atoms with Crippen LogP contribution in [0.4, 0.5) is 5.69 Å². The molecule has 0 fully saturated rings. The molecule has 0 saturated heterocycles. The molecule has 1 amide bonds. The van der Waals surface area contributed by atoms with Crippen molar-refractivity contribution in [3.63, 3.8) is 0 Å². The SMILES string of the molecule is Cc1nc2ccc(NC(=O)c3ccccc3)c(Br)c2s1. The number of aryl methyl sites for hydroxylation is 1. The van der Waals surface area contributed by atoms with Crippen molar-refractivity contribution < 1.29 is 4.79 Å². The Morgan fingerprint density at radius 2 is 1.95 bits per heavy atom. The molecule has 0 aliphatic carbocycles. The largest absolute Gasteiger partial charge is 0.321 e. The maximum Gasteiger partial charge on any atom is 0.255 e. The Balaban J connectivity index is 1.95. The topological polar surface area (TPSA) is 42.0 Å². The first-order chi connectivity index (χ1) is 9.65. The Hall–Kier alpha value is -1.72. The van der Waals surface area contributed by atoms with Gasteiger partial charge < -0.3 is 5.32 Å². The second-order valence-corrected chi connectivity index (χ2v) is 6.32. The first kappa shape index (κ1) is 13.3. The molecule has 0 aliphatic heterocycles. The highest BCUT2D eigenvalue weighted by atomic mass is 79.9. The molecule has 100 valence electrons. The standard InChI is InChI=1S/C15H11BrN2OS/c1-9-17-12-8-7-11(13(16)14(12)20-9)18-15(19)10-5-3-2-4-6-10/h2-8H,1H3,(H,18,19). The zero-order valence-corrected chi connectivity index (χ0v) is 13.1. The Labute approximate surface area is 128 Å². The number of nitrogens with zero attached hydrogens (tertiary/aromatic N) is 1. The average Bonchev–Trinajstić information content (AvgIpc) is 2.84. The zero-order valence-electron chi connectivity index (χ0n) is 10.7. The fourth-order valence-corrected chi connectivity index (χ4v) is 3.49. The lowest BCUT2D eigenvalue weighted by molar-refractivity contribution is 0.102. The summed E-state index contributed by atoms with van der Waals surface area (Å²) in [6.07, 6.45) is 0. The van der Waals surface area contributed by atoms with Crippen LogP contribution >= 0.6 is 27.3 Å². The number of benzene rings is 2. The molecule has 0 unspecified atom stereocenters. The van der Waals surface area contributed by atoms with E-state index in [4.69, 9.17) is 0 Å². The molecule has 0 bridgehead atoms. The predicted molar refractivity (Wildman–Crippen MR) is 86.5 cm³/mol. The van der Waals surface area contributed by atoms with Crippen molar-refractivity contribution in [3.05, 3.63) is 57.5 Å². The Morgan fingerprint density at radius 3 is 2.70 bits per heavy atom. The van der Waals surface area contributed by atoms with Crippen LogP contribution in [0.5, 0.6) is 0 Å². The van der Waals surface area contributed by atoms with E-state index in [1.807, 2.05) is 37.3 Å². The quantitative estimate of drug-likeness (QED) is 0.735. The summed E-state index contributed by atoms with van der Waals surface area (Å²) in [6, 6.07) is 13.0. The highest BCUT2D eigenvalue weighted by molar-refractivity contribution is 9.10. The summed E-state index contributed by atoms with van der Waals surface area (Å²) < 4.78 is 1.93. The summed E-state index contributed by atoms with van der Waals surface area (Å²) in [4.78, 5) is 16.6. The number of thiazole rings is 1. The maximum absolute atomic E-state index is 12.2. The van der Waals surface area contributed by atoms with Crippen molar-refractivity contribution in [2.75, 3.05) is 5.32 Å². The molecule has 5 heteroatoms. The van der Waals surface area contributed by atoms with Crippen molar-refractivity contribution in [1.29, 1.82) is 0 Å². The highest BCUT2D eigenvalue weighted by Gasteiger charge is 2.12. The maximum atomic E-state index is 12.2. The van der Waals surface area contributed by atoms with E-state index in [9.17, 15) is 4.79 Å². The fourth-order valence-electron chi connectivity index (χ4n) is 1.95. The van der Waals surface area contributed by atoms with Gasteiger partial charge in [-0.2, -0.15) is 0 Å². The minimum Gasteiger partial charge on any atom is -0.321 e. The van der Waals surface area contributed by atoms with Crippen molar-refractivity contribution >= 4 is 49.1 Å². The number of hydrogen-bond acceptors (Lipinski definition) is 3. The molecule has 1 heterocycles. The van der Waals surface area contributed by atoms with Crippen LogP contribution in [0.2, 0.25) is 0 Å². The number of anilines is 1. The van der Waals surface area contributed by atoms with E-state index >= 15 is 0 Å². The molecule has 20 heavy (non-hydrogen) atoms. The molecular formula is C15H11BrN2OS. The molecule has 1 aromatic heterocycles. The molecule has 0 aliphatic rings. The van der Waals surface area contributed by atoms with Gasteiger partial charge in [0, 0.05) is 5.56 Å². The number of halogens is 1. The molecule has 0 radical (unpaired) electrons. The molecule has 3 rings (SSSR count). The third-order valence-electron chi connectivity index (χ3n) is 2.89. The Bertz CT molecular complexity index is 783. The van der Waals surface area contributed by atoms with Crippen LogP contribution in [0, 0.1) is 6.92 Å². The number of carbonyl (C=O) groups is 1.